The van der Waals surface area contributed by atoms with E-state index in [1.807, 2.05) is 0 Å². The van der Waals surface area contributed by atoms with Crippen LogP contribution in [0.5, 0.6) is 0 Å². The maximum Gasteiger partial charge on any atom is 0.0730 e. The van der Waals surface area contributed by atoms with E-state index in [9.17, 15) is 0 Å². The van der Waals surface area contributed by atoms with Crippen LogP contribution >= 0.6 is 23.8 Å². The number of hydrogen-bond acceptors (Lipinski definition) is 1. The number of benzene rings is 1. The number of halogens is 1. The van der Waals surface area contributed by atoms with E-state index in [1.165, 1.54) is 42.4 Å². The first-order valence-corrected chi connectivity index (χ1v) is 7.43. The molecule has 0 spiro atoms. The van der Waals surface area contributed by atoms with Crippen LogP contribution in [0.15, 0.2) is 12.1 Å². The lowest BCUT2D eigenvalue weighted by molar-refractivity contribution is 0.605. The van der Waals surface area contributed by atoms with Gasteiger partial charge in [-0.3, -0.25) is 0 Å². The van der Waals surface area contributed by atoms with Gasteiger partial charge in [0.25, 0.3) is 0 Å². The first-order valence-electron chi connectivity index (χ1n) is 6.64. The van der Waals surface area contributed by atoms with Crippen molar-refractivity contribution in [1.29, 1.82) is 0 Å². The highest BCUT2D eigenvalue weighted by molar-refractivity contribution is 7.80. The second kappa shape index (κ2) is 6.03. The molecule has 0 aliphatic heterocycles. The van der Waals surface area contributed by atoms with Crippen molar-refractivity contribution in [3.8, 4) is 0 Å². The lowest BCUT2D eigenvalue weighted by atomic mass is 9.88. The van der Waals surface area contributed by atoms with Gasteiger partial charge < -0.3 is 5.73 Å². The summed E-state index contributed by atoms with van der Waals surface area (Å²) in [6, 6.07) is 4.46. The molecule has 0 radical (unpaired) electrons. The zero-order valence-electron chi connectivity index (χ0n) is 10.8. The Morgan fingerprint density at radius 2 is 1.94 bits per heavy atom. The Morgan fingerprint density at radius 1 is 1.33 bits per heavy atom. The molecule has 0 aromatic heterocycles. The van der Waals surface area contributed by atoms with Crippen LogP contribution in [-0.2, 0) is 19.3 Å². The highest BCUT2D eigenvalue weighted by atomic mass is 35.5. The minimum atomic E-state index is 0.460. The monoisotopic (exact) mass is 281 g/mol. The van der Waals surface area contributed by atoms with Crippen LogP contribution in [0.1, 0.15) is 42.9 Å². The molecule has 1 aliphatic rings. The normalized spacial score (nSPS) is 16.1. The van der Waals surface area contributed by atoms with Gasteiger partial charge in [-0.15, -0.1) is 0 Å². The van der Waals surface area contributed by atoms with Crippen LogP contribution < -0.4 is 5.73 Å². The Bertz CT molecular complexity index is 456. The summed E-state index contributed by atoms with van der Waals surface area (Å²) in [4.78, 5) is 0.594. The van der Waals surface area contributed by atoms with E-state index in [1.54, 1.807) is 0 Å². The van der Waals surface area contributed by atoms with Crippen LogP contribution in [0.3, 0.4) is 0 Å². The molecule has 1 aromatic rings. The van der Waals surface area contributed by atoms with E-state index in [4.69, 9.17) is 29.6 Å². The summed E-state index contributed by atoms with van der Waals surface area (Å²) < 4.78 is 0. The van der Waals surface area contributed by atoms with Crippen LogP contribution in [0, 0.1) is 5.92 Å². The molecule has 0 amide bonds. The van der Waals surface area contributed by atoms with Gasteiger partial charge in [0.2, 0.25) is 0 Å². The van der Waals surface area contributed by atoms with E-state index in [-0.39, 0.29) is 0 Å². The first kappa shape index (κ1) is 13.8. The lowest BCUT2D eigenvalue weighted by Gasteiger charge is -2.19. The molecule has 1 atom stereocenters. The van der Waals surface area contributed by atoms with Crippen molar-refractivity contribution < 1.29 is 0 Å². The summed E-state index contributed by atoms with van der Waals surface area (Å²) in [5, 5.41) is 0.908. The average Bonchev–Trinajstić information content (AvgIpc) is 2.29. The average molecular weight is 282 g/mol. The highest BCUT2D eigenvalue weighted by Gasteiger charge is 2.14. The summed E-state index contributed by atoms with van der Waals surface area (Å²) in [5.74, 6) is 0.460. The van der Waals surface area contributed by atoms with Crippen molar-refractivity contribution in [3.63, 3.8) is 0 Å². The Hall–Kier alpha value is -0.600. The van der Waals surface area contributed by atoms with Crippen molar-refractivity contribution in [1.82, 2.24) is 0 Å². The zero-order valence-corrected chi connectivity index (χ0v) is 12.4. The van der Waals surface area contributed by atoms with Crippen LogP contribution in [-0.4, -0.2) is 4.99 Å². The predicted octanol–water partition coefficient (Wildman–Crippen LogP) is 4.07. The number of rotatable bonds is 4. The second-order valence-corrected chi connectivity index (χ2v) is 6.33. The van der Waals surface area contributed by atoms with E-state index in [0.717, 1.165) is 17.9 Å². The maximum absolute atomic E-state index is 6.38. The number of nitrogens with two attached hydrogens (primary N) is 1. The molecule has 98 valence electrons. The van der Waals surface area contributed by atoms with Crippen LogP contribution in [0.4, 0.5) is 0 Å². The predicted molar refractivity (Wildman–Crippen MR) is 82.4 cm³/mol. The molecular formula is C15H20ClNS. The minimum absolute atomic E-state index is 0.460. The molecule has 18 heavy (non-hydrogen) atoms. The fraction of sp³-hybridized carbons (Fsp3) is 0.533. The van der Waals surface area contributed by atoms with Crippen LogP contribution in [0.2, 0.25) is 5.02 Å². The summed E-state index contributed by atoms with van der Waals surface area (Å²) in [6.07, 6.45) is 6.73. The van der Waals surface area contributed by atoms with E-state index in [2.05, 4.69) is 19.1 Å². The molecule has 1 unspecified atom stereocenters. The summed E-state index contributed by atoms with van der Waals surface area (Å²) in [6.45, 7) is 2.18. The SMILES string of the molecule is CC(CC(N)=S)Cc1cc2c(cc1Cl)CCCC2. The van der Waals surface area contributed by atoms with Crippen molar-refractivity contribution in [2.75, 3.05) is 0 Å². The van der Waals surface area contributed by atoms with Gasteiger partial charge in [0.15, 0.2) is 0 Å². The third-order valence-corrected chi connectivity index (χ3v) is 4.15. The Labute approximate surface area is 120 Å². The summed E-state index contributed by atoms with van der Waals surface area (Å²) in [5.41, 5.74) is 9.78. The quantitative estimate of drug-likeness (QED) is 0.842. The van der Waals surface area contributed by atoms with Gasteiger partial charge in [0, 0.05) is 11.4 Å². The van der Waals surface area contributed by atoms with Crippen molar-refractivity contribution in [2.24, 2.45) is 11.7 Å². The Morgan fingerprint density at radius 3 is 2.56 bits per heavy atom. The minimum Gasteiger partial charge on any atom is -0.393 e. The molecule has 0 saturated heterocycles. The molecule has 0 saturated carbocycles. The molecule has 1 aliphatic carbocycles. The van der Waals surface area contributed by atoms with Gasteiger partial charge >= 0.3 is 0 Å². The standard InChI is InChI=1S/C15H20ClNS/c1-10(7-15(17)18)6-13-8-11-4-2-3-5-12(11)9-14(13)16/h8-10H,2-7H2,1H3,(H2,17,18). The number of fused-ring (bicyclic) bond motifs is 1. The zero-order chi connectivity index (χ0) is 13.1. The van der Waals surface area contributed by atoms with Gasteiger partial charge in [0.05, 0.1) is 4.99 Å². The second-order valence-electron chi connectivity index (χ2n) is 5.40. The van der Waals surface area contributed by atoms with Crippen LogP contribution in [0.25, 0.3) is 0 Å². The molecule has 0 fully saturated rings. The van der Waals surface area contributed by atoms with E-state index >= 15 is 0 Å². The number of thiocarbonyl (C=S) groups is 1. The number of hydrogen-bond donors (Lipinski definition) is 1. The van der Waals surface area contributed by atoms with Gasteiger partial charge in [-0.05, 0) is 60.8 Å². The fourth-order valence-corrected chi connectivity index (χ4v) is 3.30. The summed E-state index contributed by atoms with van der Waals surface area (Å²) >= 11 is 11.3. The molecule has 3 heteroatoms. The number of aryl methyl sites for hydroxylation is 2. The third-order valence-electron chi connectivity index (χ3n) is 3.63. The first-order chi connectivity index (χ1) is 8.56. The molecule has 1 nitrogen and oxygen atoms in total. The lowest BCUT2D eigenvalue weighted by Crippen LogP contribution is -2.14. The molecular weight excluding hydrogens is 262 g/mol. The van der Waals surface area contributed by atoms with Crippen molar-refractivity contribution in [3.05, 3.63) is 33.8 Å². The largest absolute Gasteiger partial charge is 0.393 e. The van der Waals surface area contributed by atoms with Gasteiger partial charge in [-0.2, -0.15) is 0 Å². The van der Waals surface area contributed by atoms with Gasteiger partial charge in [-0.25, -0.2) is 0 Å². The van der Waals surface area contributed by atoms with E-state index in [0.29, 0.717) is 10.9 Å². The smallest absolute Gasteiger partial charge is 0.0730 e. The third kappa shape index (κ3) is 3.46. The van der Waals surface area contributed by atoms with Crippen molar-refractivity contribution in [2.45, 2.75) is 45.4 Å². The summed E-state index contributed by atoms with van der Waals surface area (Å²) in [7, 11) is 0. The molecule has 0 heterocycles. The van der Waals surface area contributed by atoms with E-state index < -0.39 is 0 Å². The Kier molecular flexibility index (Phi) is 4.63. The fourth-order valence-electron chi connectivity index (χ4n) is 2.75. The molecule has 2 rings (SSSR count). The Balaban J connectivity index is 2.15. The molecule has 1 aromatic carbocycles. The van der Waals surface area contributed by atoms with Gasteiger partial charge in [0.1, 0.15) is 0 Å². The topological polar surface area (TPSA) is 26.0 Å². The van der Waals surface area contributed by atoms with Gasteiger partial charge in [-0.1, -0.05) is 36.8 Å². The maximum atomic E-state index is 6.38. The highest BCUT2D eigenvalue weighted by Crippen LogP contribution is 2.29. The molecule has 0 bridgehead atoms. The molecule has 2 N–H and O–H groups in total. The van der Waals surface area contributed by atoms with Crippen molar-refractivity contribution >= 4 is 28.8 Å².